The number of amides is 8. The van der Waals surface area contributed by atoms with Crippen molar-refractivity contribution in [1.82, 2.24) is 41.7 Å². The molecule has 26 nitrogen and oxygen atoms in total. The van der Waals surface area contributed by atoms with Crippen molar-refractivity contribution >= 4 is 65.1 Å². The highest BCUT2D eigenvalue weighted by Crippen LogP contribution is 2.26. The van der Waals surface area contributed by atoms with Gasteiger partial charge in [-0.2, -0.15) is 0 Å². The lowest BCUT2D eigenvalue weighted by molar-refractivity contribution is -0.147. The van der Waals surface area contributed by atoms with E-state index in [9.17, 15) is 53.4 Å². The quantitative estimate of drug-likeness (QED) is 0.0177. The van der Waals surface area contributed by atoms with Gasteiger partial charge in [-0.15, -0.1) is 0 Å². The first-order chi connectivity index (χ1) is 38.3. The molecule has 8 amide bonds. The number of nitrogens with one attached hydrogen (secondary N) is 6. The molecule has 3 aromatic rings. The minimum absolute atomic E-state index is 0.0469. The number of likely N-dealkylation sites (tertiary alicyclic amines) is 2. The maximum Gasteiger partial charge on any atom is 0.326 e. The van der Waals surface area contributed by atoms with Gasteiger partial charge in [-0.3, -0.25) is 48.3 Å². The number of benzene rings is 3. The SMILES string of the molecule is NC(N)=NCCC[C@H](NC(=O)[C@@H](Cc1ccccc1)NC(=O)[C@H](Cc1ccccc1)NC(=O)[C@H](CO)NC(=O)[C@H](Cc1ccccc1)NC(=O)CNC(=O)[C@@H]1CCCN1C(=O)[C@@H]1CCCN1C(=O)[C@@H](N)CCCN=C(N)N)C(=O)O. The van der Waals surface area contributed by atoms with Gasteiger partial charge in [0, 0.05) is 45.4 Å². The zero-order valence-electron chi connectivity index (χ0n) is 44.5. The highest BCUT2D eigenvalue weighted by atomic mass is 16.4. The van der Waals surface area contributed by atoms with E-state index in [0.29, 0.717) is 61.8 Å². The van der Waals surface area contributed by atoms with E-state index in [1.165, 1.54) is 9.80 Å². The normalized spacial score (nSPS) is 17.0. The summed E-state index contributed by atoms with van der Waals surface area (Å²) < 4.78 is 0. The number of hydrogen-bond acceptors (Lipinski definition) is 13. The molecule has 0 radical (unpaired) electrons. The molecule has 0 aromatic heterocycles. The molecule has 2 fully saturated rings. The Balaban J connectivity index is 1.26. The number of carboxylic acid groups (broad SMARTS) is 1. The van der Waals surface area contributed by atoms with Gasteiger partial charge in [0.05, 0.1) is 19.2 Å². The summed E-state index contributed by atoms with van der Waals surface area (Å²) in [5, 5.41) is 35.9. The van der Waals surface area contributed by atoms with Crippen molar-refractivity contribution in [2.24, 2.45) is 38.7 Å². The van der Waals surface area contributed by atoms with Gasteiger partial charge >= 0.3 is 5.97 Å². The topological polar surface area (TPSA) is 428 Å². The maximum atomic E-state index is 14.3. The Hall–Kier alpha value is -8.65. The minimum Gasteiger partial charge on any atom is -0.480 e. The summed E-state index contributed by atoms with van der Waals surface area (Å²) in [4.78, 5) is 134. The van der Waals surface area contributed by atoms with E-state index >= 15 is 0 Å². The van der Waals surface area contributed by atoms with E-state index in [4.69, 9.17) is 28.7 Å². The molecule has 432 valence electrons. The van der Waals surface area contributed by atoms with Gasteiger partial charge in [0.25, 0.3) is 0 Å². The number of nitrogens with zero attached hydrogens (tertiary/aromatic N) is 4. The highest BCUT2D eigenvalue weighted by molar-refractivity contribution is 5.98. The smallest absolute Gasteiger partial charge is 0.326 e. The Morgan fingerprint density at radius 2 is 0.963 bits per heavy atom. The number of rotatable bonds is 30. The van der Waals surface area contributed by atoms with E-state index in [2.05, 4.69) is 41.9 Å². The number of guanidine groups is 2. The van der Waals surface area contributed by atoms with Crippen LogP contribution < -0.4 is 60.6 Å². The van der Waals surface area contributed by atoms with E-state index < -0.39 is 115 Å². The van der Waals surface area contributed by atoms with Crippen molar-refractivity contribution in [2.45, 2.75) is 119 Å². The number of aliphatic hydroxyl groups is 1. The van der Waals surface area contributed by atoms with E-state index in [0.717, 1.165) is 0 Å². The molecule has 0 unspecified atom stereocenters. The van der Waals surface area contributed by atoms with Crippen LogP contribution in [0.1, 0.15) is 68.1 Å². The third kappa shape index (κ3) is 19.7. The summed E-state index contributed by atoms with van der Waals surface area (Å²) >= 11 is 0. The first-order valence-corrected chi connectivity index (χ1v) is 26.6. The van der Waals surface area contributed by atoms with Gasteiger partial charge in [0.1, 0.15) is 42.3 Å². The van der Waals surface area contributed by atoms with Crippen LogP contribution in [0.4, 0.5) is 0 Å². The van der Waals surface area contributed by atoms with Crippen LogP contribution in [0.15, 0.2) is 101 Å². The Morgan fingerprint density at radius 3 is 1.43 bits per heavy atom. The van der Waals surface area contributed by atoms with Crippen LogP contribution in [0.3, 0.4) is 0 Å². The Bertz CT molecular complexity index is 2640. The van der Waals surface area contributed by atoms with Gasteiger partial charge in [0.15, 0.2) is 11.9 Å². The molecule has 3 aromatic carbocycles. The number of aliphatic imine (C=N–C) groups is 2. The van der Waals surface area contributed by atoms with E-state index in [-0.39, 0.29) is 63.7 Å². The van der Waals surface area contributed by atoms with Crippen LogP contribution in [0.2, 0.25) is 0 Å². The predicted molar refractivity (Wildman–Crippen MR) is 295 cm³/mol. The van der Waals surface area contributed by atoms with Crippen LogP contribution >= 0.6 is 0 Å². The minimum atomic E-state index is -1.69. The van der Waals surface area contributed by atoms with Crippen molar-refractivity contribution in [3.8, 4) is 0 Å². The van der Waals surface area contributed by atoms with Gasteiger partial charge in [-0.25, -0.2) is 4.79 Å². The molecular weight excluding hydrogens is 1030 g/mol. The molecule has 8 atom stereocenters. The summed E-state index contributed by atoms with van der Waals surface area (Å²) in [5.74, 6) is -7.42. The zero-order valence-corrected chi connectivity index (χ0v) is 44.5. The molecule has 2 aliphatic heterocycles. The average molecular weight is 1110 g/mol. The van der Waals surface area contributed by atoms with E-state index in [1.807, 2.05) is 0 Å². The summed E-state index contributed by atoms with van der Waals surface area (Å²) in [6, 6.07) is 15.9. The average Bonchev–Trinajstić information content (AvgIpc) is 4.17. The molecular formula is C54H75N15O11. The molecule has 2 heterocycles. The predicted octanol–water partition coefficient (Wildman–Crippen LogP) is -3.25. The number of carbonyl (C=O) groups is 9. The summed E-state index contributed by atoms with van der Waals surface area (Å²) in [5.41, 5.74) is 29.6. The highest BCUT2D eigenvalue weighted by Gasteiger charge is 2.43. The molecule has 0 saturated carbocycles. The summed E-state index contributed by atoms with van der Waals surface area (Å²) in [7, 11) is 0. The van der Waals surface area contributed by atoms with Crippen LogP contribution in [0.5, 0.6) is 0 Å². The van der Waals surface area contributed by atoms with E-state index in [1.54, 1.807) is 91.0 Å². The third-order valence-electron chi connectivity index (χ3n) is 13.5. The van der Waals surface area contributed by atoms with Gasteiger partial charge < -0.3 is 80.6 Å². The first kappa shape index (κ1) is 62.2. The van der Waals surface area contributed by atoms with Gasteiger partial charge in [-0.1, -0.05) is 91.0 Å². The summed E-state index contributed by atoms with van der Waals surface area (Å²) in [6.45, 7) is -0.624. The lowest BCUT2D eigenvalue weighted by Gasteiger charge is -2.32. The number of carbonyl (C=O) groups excluding carboxylic acids is 8. The molecule has 5 rings (SSSR count). The standard InChI is InChI=1S/C54H75N15O11/c55-36(20-10-24-60-53(56)57)50(77)69-27-13-23-43(69)51(78)68-26-12-22-42(68)49(76)62-31-44(71)63-38(28-33-14-4-1-5-15-33)45(72)67-41(32-70)48(75)66-40(30-35-18-8-3-9-19-35)47(74)65-39(29-34-16-6-2-7-17-34)46(73)64-37(52(79)80)21-11-25-61-54(58)59/h1-9,14-19,36-43,70H,10-13,20-32,55H2,(H,62,76)(H,63,71)(H,64,73)(H,65,74)(H,66,75)(H,67,72)(H,79,80)(H4,56,57,60)(H4,58,59,61)/t36-,37-,38-,39+,40-,41-,42-,43-/m0/s1. The zero-order chi connectivity index (χ0) is 58.1. The van der Waals surface area contributed by atoms with Crippen molar-refractivity contribution in [2.75, 3.05) is 39.3 Å². The Morgan fingerprint density at radius 1 is 0.550 bits per heavy atom. The first-order valence-electron chi connectivity index (χ1n) is 26.6. The number of aliphatic carboxylic acids is 1. The second-order valence-electron chi connectivity index (χ2n) is 19.6. The molecule has 0 bridgehead atoms. The fourth-order valence-corrected chi connectivity index (χ4v) is 9.39. The maximum absolute atomic E-state index is 14.3. The lowest BCUT2D eigenvalue weighted by Crippen LogP contribution is -2.60. The molecule has 80 heavy (non-hydrogen) atoms. The van der Waals surface area contributed by atoms with Crippen LogP contribution in [-0.4, -0.2) is 173 Å². The van der Waals surface area contributed by atoms with Crippen molar-refractivity contribution < 1.29 is 53.4 Å². The molecule has 2 saturated heterocycles. The summed E-state index contributed by atoms with van der Waals surface area (Å²) in [6.07, 6.45) is 2.31. The molecule has 18 N–H and O–H groups in total. The Kier molecular flexibility index (Phi) is 24.6. The fourth-order valence-electron chi connectivity index (χ4n) is 9.39. The molecule has 0 spiro atoms. The molecule has 26 heteroatoms. The van der Waals surface area contributed by atoms with Crippen molar-refractivity contribution in [3.05, 3.63) is 108 Å². The van der Waals surface area contributed by atoms with Crippen molar-refractivity contribution in [1.29, 1.82) is 0 Å². The fraction of sp³-hybridized carbons (Fsp3) is 0.463. The second kappa shape index (κ2) is 31.7. The van der Waals surface area contributed by atoms with Crippen LogP contribution in [0.25, 0.3) is 0 Å². The number of aliphatic hydroxyl groups excluding tert-OH is 1. The Labute approximate surface area is 463 Å². The second-order valence-corrected chi connectivity index (χ2v) is 19.6. The third-order valence-corrected chi connectivity index (χ3v) is 13.5. The lowest BCUT2D eigenvalue weighted by atomic mass is 10.0. The van der Waals surface area contributed by atoms with Gasteiger partial charge in [-0.05, 0) is 68.1 Å². The van der Waals surface area contributed by atoms with Gasteiger partial charge in [0.2, 0.25) is 47.3 Å². The van der Waals surface area contributed by atoms with Crippen LogP contribution in [0, 0.1) is 0 Å². The number of carboxylic acids is 1. The number of hydrogen-bond donors (Lipinski definition) is 13. The molecule has 0 aliphatic carbocycles. The van der Waals surface area contributed by atoms with Crippen molar-refractivity contribution in [3.63, 3.8) is 0 Å². The monoisotopic (exact) mass is 1110 g/mol. The molecule has 2 aliphatic rings. The largest absolute Gasteiger partial charge is 0.480 e. The number of nitrogens with two attached hydrogens (primary N) is 5. The van der Waals surface area contributed by atoms with Crippen LogP contribution in [-0.2, 0) is 62.4 Å².